The first-order chi connectivity index (χ1) is 14.3. The summed E-state index contributed by atoms with van der Waals surface area (Å²) in [5.74, 6) is -0.0428. The van der Waals surface area contributed by atoms with Crippen LogP contribution in [0.2, 0.25) is 0 Å². The normalized spacial score (nSPS) is 15.6. The largest absolute Gasteiger partial charge is 0.350 e. The SMILES string of the molecule is O=C(NC[C@@H](c1ccccc1)N1CCCCC1)c1ccc(-c2cncnc2)cc1. The molecule has 0 radical (unpaired) electrons. The number of benzene rings is 2. The minimum atomic E-state index is -0.0428. The van der Waals surface area contributed by atoms with E-state index >= 15 is 0 Å². The Balaban J connectivity index is 1.43. The van der Waals surface area contributed by atoms with Crippen LogP contribution in [-0.2, 0) is 0 Å². The number of nitrogens with zero attached hydrogens (tertiary/aromatic N) is 3. The number of likely N-dealkylation sites (tertiary alicyclic amines) is 1. The molecule has 5 nitrogen and oxygen atoms in total. The third-order valence-corrected chi connectivity index (χ3v) is 5.51. The molecule has 4 rings (SSSR count). The van der Waals surface area contributed by atoms with Gasteiger partial charge in [-0.25, -0.2) is 9.97 Å². The standard InChI is InChI=1S/C24H26N4O/c29-24(21-11-9-19(10-12-21)22-15-25-18-26-16-22)27-17-23(20-7-3-1-4-8-20)28-13-5-2-6-14-28/h1,3-4,7-12,15-16,18,23H,2,5-6,13-14,17H2,(H,27,29)/t23-/m0/s1. The molecule has 1 amide bonds. The van der Waals surface area contributed by atoms with Crippen molar-refractivity contribution in [3.8, 4) is 11.1 Å². The summed E-state index contributed by atoms with van der Waals surface area (Å²) in [6.45, 7) is 2.78. The Morgan fingerprint density at radius 2 is 1.59 bits per heavy atom. The van der Waals surface area contributed by atoms with Gasteiger partial charge < -0.3 is 5.32 Å². The molecule has 0 saturated carbocycles. The van der Waals surface area contributed by atoms with Gasteiger partial charge >= 0.3 is 0 Å². The smallest absolute Gasteiger partial charge is 0.251 e. The Labute approximate surface area is 171 Å². The Morgan fingerprint density at radius 1 is 0.897 bits per heavy atom. The molecule has 2 heterocycles. The van der Waals surface area contributed by atoms with Crippen LogP contribution in [0.3, 0.4) is 0 Å². The number of aromatic nitrogens is 2. The zero-order valence-corrected chi connectivity index (χ0v) is 16.5. The summed E-state index contributed by atoms with van der Waals surface area (Å²) in [6.07, 6.45) is 8.79. The minimum absolute atomic E-state index is 0.0428. The quantitative estimate of drug-likeness (QED) is 0.693. The average Bonchev–Trinajstić information content (AvgIpc) is 2.81. The summed E-state index contributed by atoms with van der Waals surface area (Å²) >= 11 is 0. The van der Waals surface area contributed by atoms with Crippen molar-refractivity contribution in [1.82, 2.24) is 20.2 Å². The van der Waals surface area contributed by atoms with Gasteiger partial charge in [-0.2, -0.15) is 0 Å². The fourth-order valence-electron chi connectivity index (χ4n) is 3.92. The van der Waals surface area contributed by atoms with E-state index in [-0.39, 0.29) is 11.9 Å². The highest BCUT2D eigenvalue weighted by Crippen LogP contribution is 2.24. The van der Waals surface area contributed by atoms with Crippen molar-refractivity contribution in [2.75, 3.05) is 19.6 Å². The van der Waals surface area contributed by atoms with Gasteiger partial charge in [-0.05, 0) is 49.2 Å². The average molecular weight is 386 g/mol. The van der Waals surface area contributed by atoms with Crippen LogP contribution in [0.4, 0.5) is 0 Å². The van der Waals surface area contributed by atoms with Crippen LogP contribution >= 0.6 is 0 Å². The summed E-state index contributed by atoms with van der Waals surface area (Å²) in [5.41, 5.74) is 3.86. The van der Waals surface area contributed by atoms with E-state index in [9.17, 15) is 4.79 Å². The van der Waals surface area contributed by atoms with Gasteiger partial charge in [0.25, 0.3) is 5.91 Å². The highest BCUT2D eigenvalue weighted by molar-refractivity contribution is 5.94. The van der Waals surface area contributed by atoms with Crippen molar-refractivity contribution in [3.05, 3.63) is 84.4 Å². The summed E-state index contributed by atoms with van der Waals surface area (Å²) in [4.78, 5) is 23.3. The Hall–Kier alpha value is -3.05. The van der Waals surface area contributed by atoms with E-state index in [1.165, 1.54) is 31.2 Å². The number of rotatable bonds is 6. The number of amides is 1. The van der Waals surface area contributed by atoms with E-state index in [4.69, 9.17) is 0 Å². The first-order valence-electron chi connectivity index (χ1n) is 10.2. The number of piperidine rings is 1. The van der Waals surface area contributed by atoms with Gasteiger partial charge in [-0.1, -0.05) is 48.9 Å². The molecule has 2 aromatic carbocycles. The molecule has 0 unspecified atom stereocenters. The maximum atomic E-state index is 12.8. The summed E-state index contributed by atoms with van der Waals surface area (Å²) in [6, 6.07) is 18.3. The van der Waals surface area contributed by atoms with E-state index in [1.54, 1.807) is 12.4 Å². The van der Waals surface area contributed by atoms with Gasteiger partial charge in [0, 0.05) is 30.1 Å². The maximum Gasteiger partial charge on any atom is 0.251 e. The molecule has 1 fully saturated rings. The van der Waals surface area contributed by atoms with Gasteiger partial charge in [0.15, 0.2) is 0 Å². The molecule has 0 bridgehead atoms. The van der Waals surface area contributed by atoms with Crippen LogP contribution in [0.5, 0.6) is 0 Å². The lowest BCUT2D eigenvalue weighted by atomic mass is 10.0. The fourth-order valence-corrected chi connectivity index (χ4v) is 3.92. The van der Waals surface area contributed by atoms with Crippen molar-refractivity contribution in [2.45, 2.75) is 25.3 Å². The van der Waals surface area contributed by atoms with E-state index in [0.717, 1.165) is 24.2 Å². The summed E-state index contributed by atoms with van der Waals surface area (Å²) < 4.78 is 0. The highest BCUT2D eigenvalue weighted by Gasteiger charge is 2.22. The molecule has 5 heteroatoms. The summed E-state index contributed by atoms with van der Waals surface area (Å²) in [5, 5.41) is 3.15. The van der Waals surface area contributed by atoms with E-state index in [0.29, 0.717) is 12.1 Å². The van der Waals surface area contributed by atoms with Crippen molar-refractivity contribution in [3.63, 3.8) is 0 Å². The lowest BCUT2D eigenvalue weighted by Gasteiger charge is -2.35. The van der Waals surface area contributed by atoms with Crippen molar-refractivity contribution in [1.29, 1.82) is 0 Å². The van der Waals surface area contributed by atoms with Gasteiger partial charge in [-0.15, -0.1) is 0 Å². The predicted octanol–water partition coefficient (Wildman–Crippen LogP) is 4.10. The Morgan fingerprint density at radius 3 is 2.28 bits per heavy atom. The number of carbonyl (C=O) groups is 1. The number of nitrogens with one attached hydrogen (secondary N) is 1. The van der Waals surface area contributed by atoms with Gasteiger partial charge in [0.2, 0.25) is 0 Å². The first-order valence-corrected chi connectivity index (χ1v) is 10.2. The molecule has 1 N–H and O–H groups in total. The zero-order chi connectivity index (χ0) is 19.9. The third-order valence-electron chi connectivity index (χ3n) is 5.51. The molecule has 148 valence electrons. The molecule has 0 spiro atoms. The van der Waals surface area contributed by atoms with E-state index < -0.39 is 0 Å². The van der Waals surface area contributed by atoms with Crippen molar-refractivity contribution in [2.24, 2.45) is 0 Å². The van der Waals surface area contributed by atoms with Crippen LogP contribution < -0.4 is 5.32 Å². The number of hydrogen-bond donors (Lipinski definition) is 1. The monoisotopic (exact) mass is 386 g/mol. The predicted molar refractivity (Wildman–Crippen MR) is 114 cm³/mol. The van der Waals surface area contributed by atoms with Crippen LogP contribution in [-0.4, -0.2) is 40.4 Å². The van der Waals surface area contributed by atoms with Gasteiger partial charge in [0.1, 0.15) is 6.33 Å². The topological polar surface area (TPSA) is 58.1 Å². The van der Waals surface area contributed by atoms with Crippen molar-refractivity contribution >= 4 is 5.91 Å². The Kier molecular flexibility index (Phi) is 6.27. The molecule has 1 aromatic heterocycles. The second kappa shape index (κ2) is 9.43. The lowest BCUT2D eigenvalue weighted by molar-refractivity contribution is 0.0924. The summed E-state index contributed by atoms with van der Waals surface area (Å²) in [7, 11) is 0. The van der Waals surface area contributed by atoms with Crippen LogP contribution in [0.25, 0.3) is 11.1 Å². The Bertz CT molecular complexity index is 907. The van der Waals surface area contributed by atoms with Gasteiger partial charge in [0.05, 0.1) is 6.04 Å². The first kappa shape index (κ1) is 19.3. The zero-order valence-electron chi connectivity index (χ0n) is 16.5. The second-order valence-electron chi connectivity index (χ2n) is 7.44. The molecule has 0 aliphatic carbocycles. The second-order valence-corrected chi connectivity index (χ2v) is 7.44. The van der Waals surface area contributed by atoms with Gasteiger partial charge in [-0.3, -0.25) is 9.69 Å². The van der Waals surface area contributed by atoms with E-state index in [1.807, 2.05) is 30.3 Å². The molecule has 1 saturated heterocycles. The highest BCUT2D eigenvalue weighted by atomic mass is 16.1. The molecular weight excluding hydrogens is 360 g/mol. The molecule has 3 aromatic rings. The van der Waals surface area contributed by atoms with Crippen molar-refractivity contribution < 1.29 is 4.79 Å². The molecular formula is C24H26N4O. The van der Waals surface area contributed by atoms with Crippen LogP contribution in [0, 0.1) is 0 Å². The molecule has 1 aliphatic rings. The lowest BCUT2D eigenvalue weighted by Crippen LogP contribution is -2.40. The fraction of sp³-hybridized carbons (Fsp3) is 0.292. The molecule has 1 aliphatic heterocycles. The number of hydrogen-bond acceptors (Lipinski definition) is 4. The number of carbonyl (C=O) groups excluding carboxylic acids is 1. The maximum absolute atomic E-state index is 12.8. The molecule has 1 atom stereocenters. The van der Waals surface area contributed by atoms with Crippen LogP contribution in [0.1, 0.15) is 41.2 Å². The minimum Gasteiger partial charge on any atom is -0.350 e. The third kappa shape index (κ3) is 4.87. The van der Waals surface area contributed by atoms with E-state index in [2.05, 4.69) is 44.5 Å². The molecule has 29 heavy (non-hydrogen) atoms. The van der Waals surface area contributed by atoms with Crippen LogP contribution in [0.15, 0.2) is 73.3 Å².